The highest BCUT2D eigenvalue weighted by molar-refractivity contribution is 5.98. The maximum absolute atomic E-state index is 13.5. The number of fused-ring (bicyclic) bond motifs is 1. The van der Waals surface area contributed by atoms with Crippen molar-refractivity contribution >= 4 is 28.9 Å². The first kappa shape index (κ1) is 32.5. The van der Waals surface area contributed by atoms with Crippen LogP contribution in [0, 0.1) is 0 Å². The van der Waals surface area contributed by atoms with Gasteiger partial charge < -0.3 is 25.4 Å². The predicted molar refractivity (Wildman–Crippen MR) is 165 cm³/mol. The van der Waals surface area contributed by atoms with Crippen LogP contribution < -0.4 is 15.8 Å². The van der Waals surface area contributed by atoms with Crippen LogP contribution in [0.5, 0.6) is 5.75 Å². The van der Waals surface area contributed by atoms with Gasteiger partial charge in [-0.15, -0.1) is 0 Å². The Balaban J connectivity index is 1.34. The van der Waals surface area contributed by atoms with Crippen molar-refractivity contribution < 1.29 is 32.2 Å². The third-order valence-electron chi connectivity index (χ3n) is 7.44. The van der Waals surface area contributed by atoms with Crippen molar-refractivity contribution in [1.29, 1.82) is 0 Å². The van der Waals surface area contributed by atoms with Crippen molar-refractivity contribution in [2.75, 3.05) is 25.4 Å². The Morgan fingerprint density at radius 3 is 2.50 bits per heavy atom. The van der Waals surface area contributed by atoms with Gasteiger partial charge in [0.2, 0.25) is 0 Å². The van der Waals surface area contributed by atoms with E-state index in [1.165, 1.54) is 12.4 Å². The Morgan fingerprint density at radius 1 is 1.09 bits per heavy atom. The first-order valence-corrected chi connectivity index (χ1v) is 14.9. The second-order valence-electron chi connectivity index (χ2n) is 12.0. The van der Waals surface area contributed by atoms with E-state index in [1.54, 1.807) is 28.6 Å². The summed E-state index contributed by atoms with van der Waals surface area (Å²) in [5.74, 6) is -0.719. The zero-order valence-electron chi connectivity index (χ0n) is 26.0. The van der Waals surface area contributed by atoms with E-state index in [2.05, 4.69) is 15.3 Å². The molecule has 0 bridgehead atoms. The van der Waals surface area contributed by atoms with Crippen LogP contribution in [0.15, 0.2) is 48.8 Å². The van der Waals surface area contributed by atoms with E-state index in [0.29, 0.717) is 35.4 Å². The van der Waals surface area contributed by atoms with Crippen LogP contribution in [0.4, 0.5) is 23.8 Å². The number of benzene rings is 2. The molecule has 2 aromatic heterocycles. The molecular weight excluding hydrogens is 603 g/mol. The van der Waals surface area contributed by atoms with Crippen LogP contribution in [-0.4, -0.2) is 61.9 Å². The number of piperidine rings is 1. The van der Waals surface area contributed by atoms with Gasteiger partial charge in [-0.1, -0.05) is 24.3 Å². The third kappa shape index (κ3) is 7.16. The monoisotopic (exact) mass is 639 g/mol. The summed E-state index contributed by atoms with van der Waals surface area (Å²) >= 11 is 0. The number of anilines is 1. The first-order valence-electron chi connectivity index (χ1n) is 14.9. The number of alkyl halides is 3. The van der Waals surface area contributed by atoms with Gasteiger partial charge in [-0.2, -0.15) is 18.3 Å². The van der Waals surface area contributed by atoms with E-state index >= 15 is 0 Å². The molecule has 0 unspecified atom stereocenters. The molecular formula is C32H36F3N7O4. The Morgan fingerprint density at radius 2 is 1.83 bits per heavy atom. The van der Waals surface area contributed by atoms with Crippen LogP contribution in [0.3, 0.4) is 0 Å². The lowest BCUT2D eigenvalue weighted by molar-refractivity contribution is -0.138. The van der Waals surface area contributed by atoms with Gasteiger partial charge in [0, 0.05) is 30.8 Å². The Labute approximate surface area is 263 Å². The van der Waals surface area contributed by atoms with Gasteiger partial charge in [0.05, 0.1) is 23.6 Å². The number of nitrogen functional groups attached to an aromatic ring is 1. The molecule has 1 atom stereocenters. The number of amides is 2. The average molecular weight is 640 g/mol. The van der Waals surface area contributed by atoms with E-state index in [1.807, 2.05) is 32.9 Å². The van der Waals surface area contributed by atoms with Gasteiger partial charge in [0.15, 0.2) is 5.65 Å². The molecule has 0 aliphatic carbocycles. The summed E-state index contributed by atoms with van der Waals surface area (Å²) in [5, 5.41) is 8.13. The normalized spacial score (nSPS) is 15.5. The largest absolute Gasteiger partial charge is 0.493 e. The second kappa shape index (κ2) is 12.9. The summed E-state index contributed by atoms with van der Waals surface area (Å²) in [5.41, 5.74) is 7.09. The SMILES string of the molecule is CCOc1ccc(C(=O)NCc2ccc(-c3nn([C@@H]4CCCN(C(=O)OC(C)(C)C)C4)c4ncnc(N)c34)cc2)cc1C(F)(F)F. The molecule has 5 rings (SSSR count). The quantitative estimate of drug-likeness (QED) is 0.251. The van der Waals surface area contributed by atoms with E-state index in [9.17, 15) is 22.8 Å². The fraction of sp³-hybridized carbons (Fsp3) is 0.406. The minimum Gasteiger partial charge on any atom is -0.493 e. The highest BCUT2D eigenvalue weighted by Gasteiger charge is 2.35. The fourth-order valence-corrected chi connectivity index (χ4v) is 5.34. The van der Waals surface area contributed by atoms with Gasteiger partial charge in [-0.3, -0.25) is 4.79 Å². The van der Waals surface area contributed by atoms with Crippen molar-refractivity contribution in [2.45, 2.75) is 64.9 Å². The van der Waals surface area contributed by atoms with Gasteiger partial charge in [-0.05, 0) is 64.3 Å². The van der Waals surface area contributed by atoms with Gasteiger partial charge in [-0.25, -0.2) is 19.4 Å². The van der Waals surface area contributed by atoms with Crippen LogP contribution in [0.25, 0.3) is 22.3 Å². The van der Waals surface area contributed by atoms with Crippen LogP contribution in [0.1, 0.15) is 68.1 Å². The van der Waals surface area contributed by atoms with Gasteiger partial charge in [0.25, 0.3) is 5.91 Å². The number of halogens is 3. The maximum atomic E-state index is 13.5. The van der Waals surface area contributed by atoms with Crippen LogP contribution in [0.2, 0.25) is 0 Å². The molecule has 2 aromatic carbocycles. The molecule has 14 heteroatoms. The summed E-state index contributed by atoms with van der Waals surface area (Å²) in [6.07, 6.45) is -2.14. The highest BCUT2D eigenvalue weighted by Crippen LogP contribution is 2.37. The Bertz CT molecular complexity index is 1730. The fourth-order valence-electron chi connectivity index (χ4n) is 5.34. The molecule has 0 radical (unpaired) electrons. The van der Waals surface area contributed by atoms with E-state index in [-0.39, 0.29) is 42.4 Å². The number of rotatable bonds is 7. The number of hydrogen-bond donors (Lipinski definition) is 2. The molecule has 0 spiro atoms. The van der Waals surface area contributed by atoms with Crippen LogP contribution >= 0.6 is 0 Å². The number of carbonyl (C=O) groups is 2. The van der Waals surface area contributed by atoms with E-state index in [4.69, 9.17) is 20.3 Å². The van der Waals surface area contributed by atoms with Crippen molar-refractivity contribution in [3.8, 4) is 17.0 Å². The molecule has 1 saturated heterocycles. The molecule has 244 valence electrons. The molecule has 3 heterocycles. The lowest BCUT2D eigenvalue weighted by atomic mass is 10.1. The number of aromatic nitrogens is 4. The predicted octanol–water partition coefficient (Wildman–Crippen LogP) is 6.00. The lowest BCUT2D eigenvalue weighted by Crippen LogP contribution is -2.43. The number of carbonyl (C=O) groups excluding carboxylic acids is 2. The number of nitrogens with two attached hydrogens (primary N) is 1. The van der Waals surface area contributed by atoms with Crippen LogP contribution in [-0.2, 0) is 17.5 Å². The number of hydrogen-bond acceptors (Lipinski definition) is 8. The molecule has 46 heavy (non-hydrogen) atoms. The molecule has 2 amide bonds. The number of nitrogens with zero attached hydrogens (tertiary/aromatic N) is 5. The number of likely N-dealkylation sites (tertiary alicyclic amines) is 1. The summed E-state index contributed by atoms with van der Waals surface area (Å²) in [4.78, 5) is 35.8. The lowest BCUT2D eigenvalue weighted by Gasteiger charge is -2.34. The zero-order valence-corrected chi connectivity index (χ0v) is 26.0. The summed E-state index contributed by atoms with van der Waals surface area (Å²) < 4.78 is 53.0. The van der Waals surface area contributed by atoms with E-state index < -0.39 is 23.2 Å². The Kier molecular flexibility index (Phi) is 9.08. The smallest absolute Gasteiger partial charge is 0.419 e. The molecule has 1 aliphatic heterocycles. The molecule has 0 saturated carbocycles. The minimum atomic E-state index is -4.67. The molecule has 1 fully saturated rings. The zero-order chi connectivity index (χ0) is 33.2. The van der Waals surface area contributed by atoms with Gasteiger partial charge in [0.1, 0.15) is 29.2 Å². The van der Waals surface area contributed by atoms with Crippen molar-refractivity contribution in [3.63, 3.8) is 0 Å². The summed E-state index contributed by atoms with van der Waals surface area (Å²) in [6, 6.07) is 10.3. The highest BCUT2D eigenvalue weighted by atomic mass is 19.4. The third-order valence-corrected chi connectivity index (χ3v) is 7.44. The van der Waals surface area contributed by atoms with Crippen molar-refractivity contribution in [2.24, 2.45) is 0 Å². The van der Waals surface area contributed by atoms with Crippen molar-refractivity contribution in [1.82, 2.24) is 30.0 Å². The summed E-state index contributed by atoms with van der Waals surface area (Å²) in [6.45, 7) is 8.18. The molecule has 11 nitrogen and oxygen atoms in total. The number of nitrogens with one attached hydrogen (secondary N) is 1. The minimum absolute atomic E-state index is 0.0631. The first-order chi connectivity index (χ1) is 21.7. The second-order valence-corrected chi connectivity index (χ2v) is 12.0. The van der Waals surface area contributed by atoms with Gasteiger partial charge >= 0.3 is 12.3 Å². The standard InChI is InChI=1S/C32H36F3N7O4/c1-5-45-24-13-12-21(15-23(24)32(33,34)35)29(43)37-16-19-8-10-20(11-9-19)26-25-27(36)38-18-39-28(25)42(40-26)22-7-6-14-41(17-22)30(44)46-31(2,3)4/h8-13,15,18,22H,5-7,14,16-17H2,1-4H3,(H,37,43)(H2,36,38,39)/t22-/m1/s1. The number of ether oxygens (including phenoxy) is 2. The molecule has 3 N–H and O–H groups in total. The van der Waals surface area contributed by atoms with Crippen molar-refractivity contribution in [3.05, 3.63) is 65.5 Å². The Hall–Kier alpha value is -4.88. The van der Waals surface area contributed by atoms with E-state index in [0.717, 1.165) is 30.5 Å². The topological polar surface area (TPSA) is 137 Å². The summed E-state index contributed by atoms with van der Waals surface area (Å²) in [7, 11) is 0. The maximum Gasteiger partial charge on any atom is 0.419 e. The molecule has 4 aromatic rings. The average Bonchev–Trinajstić information content (AvgIpc) is 3.40. The molecule has 1 aliphatic rings.